The van der Waals surface area contributed by atoms with E-state index in [-0.39, 0.29) is 0 Å². The molecule has 0 aromatic carbocycles. The van der Waals surface area contributed by atoms with Crippen LogP contribution in [0.1, 0.15) is 50.9 Å². The number of hydrogen-bond donors (Lipinski definition) is 2. The molecule has 7 nitrogen and oxygen atoms in total. The van der Waals surface area contributed by atoms with Gasteiger partial charge in [0.15, 0.2) is 5.16 Å². The summed E-state index contributed by atoms with van der Waals surface area (Å²) in [5, 5.41) is 10.7. The number of aromatic nitrogens is 3. The average molecular weight is 311 g/mol. The quantitative estimate of drug-likeness (QED) is 0.825. The van der Waals surface area contributed by atoms with Crippen molar-refractivity contribution in [3.8, 4) is 0 Å². The van der Waals surface area contributed by atoms with Crippen LogP contribution in [0.15, 0.2) is 5.16 Å². The van der Waals surface area contributed by atoms with Crippen molar-refractivity contribution >= 4 is 23.7 Å². The number of imide groups is 1. The van der Waals surface area contributed by atoms with E-state index in [1.807, 2.05) is 6.92 Å². The van der Waals surface area contributed by atoms with Crippen LogP contribution < -0.4 is 11.1 Å². The van der Waals surface area contributed by atoms with Gasteiger partial charge < -0.3 is 10.3 Å². The molecule has 1 aromatic rings. The molecular formula is C13H21N5O2S. The van der Waals surface area contributed by atoms with E-state index in [0.717, 1.165) is 23.8 Å². The van der Waals surface area contributed by atoms with Gasteiger partial charge in [-0.1, -0.05) is 31.0 Å². The lowest BCUT2D eigenvalue weighted by molar-refractivity contribution is -0.119. The number of nitrogens with zero attached hydrogens (tertiary/aromatic N) is 3. The number of amides is 3. The Morgan fingerprint density at radius 1 is 1.33 bits per heavy atom. The Morgan fingerprint density at radius 2 is 2.00 bits per heavy atom. The summed E-state index contributed by atoms with van der Waals surface area (Å²) in [4.78, 5) is 22.5. The molecule has 1 saturated carbocycles. The molecular weight excluding hydrogens is 290 g/mol. The Morgan fingerprint density at radius 3 is 2.62 bits per heavy atom. The van der Waals surface area contributed by atoms with Crippen molar-refractivity contribution in [1.82, 2.24) is 20.1 Å². The molecule has 8 heteroatoms. The van der Waals surface area contributed by atoms with Gasteiger partial charge in [0.2, 0.25) is 5.91 Å². The third-order valence-electron chi connectivity index (χ3n) is 3.67. The second kappa shape index (κ2) is 6.93. The first kappa shape index (κ1) is 15.8. The predicted octanol–water partition coefficient (Wildman–Crippen LogP) is 1.77. The Balaban J connectivity index is 2.09. The van der Waals surface area contributed by atoms with E-state index in [2.05, 4.69) is 20.1 Å². The summed E-state index contributed by atoms with van der Waals surface area (Å²) in [5.41, 5.74) is 4.96. The van der Waals surface area contributed by atoms with Crippen molar-refractivity contribution in [2.45, 2.75) is 62.4 Å². The van der Waals surface area contributed by atoms with Crippen molar-refractivity contribution in [3.63, 3.8) is 0 Å². The number of nitrogens with one attached hydrogen (secondary N) is 1. The molecule has 21 heavy (non-hydrogen) atoms. The fourth-order valence-electron chi connectivity index (χ4n) is 2.62. The predicted molar refractivity (Wildman–Crippen MR) is 79.9 cm³/mol. The summed E-state index contributed by atoms with van der Waals surface area (Å²) in [6, 6.07) is -0.431. The zero-order chi connectivity index (χ0) is 15.4. The number of carbonyl (C=O) groups excluding carboxylic acids is 2. The molecule has 3 amide bonds. The standard InChI is InChI=1S/C13H21N5O2S/c1-8(11(19)15-12(14)20)21-13-17-16-9(2)18(13)10-6-4-3-5-7-10/h8,10H,3-7H2,1-2H3,(H3,14,15,19,20). The first-order valence-electron chi connectivity index (χ1n) is 7.17. The molecule has 1 fully saturated rings. The van der Waals surface area contributed by atoms with Crippen LogP contribution in [0.5, 0.6) is 0 Å². The monoisotopic (exact) mass is 311 g/mol. The molecule has 0 spiro atoms. The van der Waals surface area contributed by atoms with Crippen molar-refractivity contribution in [1.29, 1.82) is 0 Å². The van der Waals surface area contributed by atoms with E-state index in [1.54, 1.807) is 6.92 Å². The van der Waals surface area contributed by atoms with Gasteiger partial charge in [-0.05, 0) is 26.7 Å². The second-order valence-corrected chi connectivity index (χ2v) is 6.61. The van der Waals surface area contributed by atoms with Crippen LogP contribution in [-0.2, 0) is 4.79 Å². The maximum absolute atomic E-state index is 11.8. The fraction of sp³-hybridized carbons (Fsp3) is 0.692. The molecule has 3 N–H and O–H groups in total. The van der Waals surface area contributed by atoms with Crippen LogP contribution in [0.2, 0.25) is 0 Å². The van der Waals surface area contributed by atoms with Crippen LogP contribution in [0.25, 0.3) is 0 Å². The van der Waals surface area contributed by atoms with Gasteiger partial charge in [-0.25, -0.2) is 4.79 Å². The number of thioether (sulfide) groups is 1. The SMILES string of the molecule is Cc1nnc(SC(C)C(=O)NC(N)=O)n1C1CCCCC1. The molecule has 0 bridgehead atoms. The zero-order valence-electron chi connectivity index (χ0n) is 12.3. The molecule has 0 radical (unpaired) electrons. The molecule has 1 atom stereocenters. The Labute approximate surface area is 128 Å². The molecule has 0 aliphatic heterocycles. The molecule has 1 aromatic heterocycles. The van der Waals surface area contributed by atoms with Crippen molar-refractivity contribution in [3.05, 3.63) is 5.82 Å². The van der Waals surface area contributed by atoms with Gasteiger partial charge in [0, 0.05) is 6.04 Å². The molecule has 1 heterocycles. The van der Waals surface area contributed by atoms with Gasteiger partial charge in [0.25, 0.3) is 0 Å². The van der Waals surface area contributed by atoms with Crippen molar-refractivity contribution < 1.29 is 9.59 Å². The number of primary amides is 1. The van der Waals surface area contributed by atoms with Gasteiger partial charge >= 0.3 is 6.03 Å². The first-order chi connectivity index (χ1) is 9.99. The molecule has 116 valence electrons. The van der Waals surface area contributed by atoms with E-state index in [0.29, 0.717) is 6.04 Å². The molecule has 1 aliphatic rings. The lowest BCUT2D eigenvalue weighted by Crippen LogP contribution is -2.39. The summed E-state index contributed by atoms with van der Waals surface area (Å²) >= 11 is 1.30. The Bertz CT molecular complexity index is 525. The maximum atomic E-state index is 11.8. The van der Waals surface area contributed by atoms with Crippen LogP contribution >= 0.6 is 11.8 Å². The van der Waals surface area contributed by atoms with E-state index in [4.69, 9.17) is 5.73 Å². The van der Waals surface area contributed by atoms with Gasteiger partial charge in [-0.15, -0.1) is 10.2 Å². The van der Waals surface area contributed by atoms with Crippen molar-refractivity contribution in [2.24, 2.45) is 5.73 Å². The van der Waals surface area contributed by atoms with Gasteiger partial charge in [-0.3, -0.25) is 10.1 Å². The molecule has 1 aliphatic carbocycles. The average Bonchev–Trinajstić information content (AvgIpc) is 2.80. The van der Waals surface area contributed by atoms with E-state index < -0.39 is 17.2 Å². The third kappa shape index (κ3) is 3.96. The van der Waals surface area contributed by atoms with Gasteiger partial charge in [-0.2, -0.15) is 0 Å². The van der Waals surface area contributed by atoms with E-state index >= 15 is 0 Å². The van der Waals surface area contributed by atoms with Crippen LogP contribution in [0.3, 0.4) is 0 Å². The Kier molecular flexibility index (Phi) is 5.22. The Hall–Kier alpha value is -1.57. The van der Waals surface area contributed by atoms with Crippen molar-refractivity contribution in [2.75, 3.05) is 0 Å². The number of urea groups is 1. The number of rotatable bonds is 4. The number of hydrogen-bond acceptors (Lipinski definition) is 5. The summed E-state index contributed by atoms with van der Waals surface area (Å²) < 4.78 is 2.12. The van der Waals surface area contributed by atoms with Crippen LogP contribution in [-0.4, -0.2) is 32.0 Å². The smallest absolute Gasteiger partial charge is 0.318 e. The minimum Gasteiger partial charge on any atom is -0.351 e. The topological polar surface area (TPSA) is 103 Å². The lowest BCUT2D eigenvalue weighted by atomic mass is 9.95. The maximum Gasteiger partial charge on any atom is 0.318 e. The highest BCUT2D eigenvalue weighted by Crippen LogP contribution is 2.33. The highest BCUT2D eigenvalue weighted by atomic mass is 32.2. The second-order valence-electron chi connectivity index (χ2n) is 5.31. The third-order valence-corrected chi connectivity index (χ3v) is 4.73. The van der Waals surface area contributed by atoms with Crippen LogP contribution in [0, 0.1) is 6.92 Å². The summed E-state index contributed by atoms with van der Waals surface area (Å²) in [6.45, 7) is 3.65. The minimum atomic E-state index is -0.836. The first-order valence-corrected chi connectivity index (χ1v) is 8.05. The van der Waals surface area contributed by atoms with E-state index in [9.17, 15) is 9.59 Å². The summed E-state index contributed by atoms with van der Waals surface area (Å²) in [5.74, 6) is 0.454. The largest absolute Gasteiger partial charge is 0.351 e. The van der Waals surface area contributed by atoms with Crippen LogP contribution in [0.4, 0.5) is 4.79 Å². The lowest BCUT2D eigenvalue weighted by Gasteiger charge is -2.25. The normalized spacial score (nSPS) is 17.4. The van der Waals surface area contributed by atoms with E-state index in [1.165, 1.54) is 31.0 Å². The molecule has 1 unspecified atom stereocenters. The summed E-state index contributed by atoms with van der Waals surface area (Å²) in [7, 11) is 0. The highest BCUT2D eigenvalue weighted by Gasteiger charge is 2.24. The van der Waals surface area contributed by atoms with Gasteiger partial charge in [0.1, 0.15) is 5.82 Å². The summed E-state index contributed by atoms with van der Waals surface area (Å²) in [6.07, 6.45) is 5.94. The highest BCUT2D eigenvalue weighted by molar-refractivity contribution is 8.00. The number of carbonyl (C=O) groups is 2. The fourth-order valence-corrected chi connectivity index (χ4v) is 3.59. The molecule has 0 saturated heterocycles. The minimum absolute atomic E-state index is 0.405. The number of aryl methyl sites for hydroxylation is 1. The number of nitrogens with two attached hydrogens (primary N) is 1. The van der Waals surface area contributed by atoms with Gasteiger partial charge in [0.05, 0.1) is 5.25 Å². The molecule has 2 rings (SSSR count). The zero-order valence-corrected chi connectivity index (χ0v) is 13.2.